The molecule has 0 bridgehead atoms. The largest absolute Gasteiger partial charge is 0.573 e. The van der Waals surface area contributed by atoms with E-state index in [-0.39, 0.29) is 17.7 Å². The molecule has 5 rings (SSSR count). The predicted octanol–water partition coefficient (Wildman–Crippen LogP) is 7.91. The SMILES string of the molecule is CCCc1ccc(C)cc1N1CCSC1=NC(=O)NCCC(C)c1ccc(-c2ncn(-c3ccc(OC(F)(F)F)cc3)n2)cc1. The van der Waals surface area contributed by atoms with Crippen LogP contribution in [0, 0.1) is 6.92 Å². The molecule has 12 heteroatoms. The third-order valence-electron chi connectivity index (χ3n) is 7.44. The van der Waals surface area contributed by atoms with Gasteiger partial charge in [-0.05, 0) is 72.7 Å². The van der Waals surface area contributed by atoms with Crippen molar-refractivity contribution in [2.75, 3.05) is 23.7 Å². The van der Waals surface area contributed by atoms with Crippen molar-refractivity contribution < 1.29 is 22.7 Å². The van der Waals surface area contributed by atoms with E-state index in [1.54, 1.807) is 11.8 Å². The Labute approximate surface area is 264 Å². The topological polar surface area (TPSA) is 84.6 Å². The molecule has 1 N–H and O–H groups in total. The number of amidine groups is 1. The summed E-state index contributed by atoms with van der Waals surface area (Å²) >= 11 is 1.61. The summed E-state index contributed by atoms with van der Waals surface area (Å²) in [5.74, 6) is 1.27. The Balaban J connectivity index is 1.14. The molecule has 45 heavy (non-hydrogen) atoms. The number of aryl methyl sites for hydroxylation is 2. The molecule has 2 amide bonds. The van der Waals surface area contributed by atoms with Crippen molar-refractivity contribution in [3.63, 3.8) is 0 Å². The molecule has 1 atom stereocenters. The van der Waals surface area contributed by atoms with Gasteiger partial charge in [-0.2, -0.15) is 4.99 Å². The van der Waals surface area contributed by atoms with Crippen LogP contribution in [0.1, 0.15) is 49.3 Å². The van der Waals surface area contributed by atoms with Crippen LogP contribution in [0.5, 0.6) is 5.75 Å². The number of rotatable bonds is 10. The molecule has 1 aliphatic heterocycles. The fourth-order valence-electron chi connectivity index (χ4n) is 5.09. The van der Waals surface area contributed by atoms with Crippen molar-refractivity contribution in [2.24, 2.45) is 4.99 Å². The van der Waals surface area contributed by atoms with E-state index in [1.165, 1.54) is 46.4 Å². The van der Waals surface area contributed by atoms with Crippen LogP contribution in [0.15, 0.2) is 78.0 Å². The maximum absolute atomic E-state index is 12.7. The lowest BCUT2D eigenvalue weighted by Gasteiger charge is -2.22. The van der Waals surface area contributed by atoms with Crippen molar-refractivity contribution in [3.05, 3.63) is 89.7 Å². The second kappa shape index (κ2) is 14.2. The van der Waals surface area contributed by atoms with Gasteiger partial charge in [0.15, 0.2) is 11.0 Å². The summed E-state index contributed by atoms with van der Waals surface area (Å²) in [5.41, 5.74) is 6.07. The van der Waals surface area contributed by atoms with Crippen LogP contribution >= 0.6 is 11.8 Å². The van der Waals surface area contributed by atoms with Gasteiger partial charge >= 0.3 is 12.4 Å². The average molecular weight is 637 g/mol. The number of aromatic nitrogens is 3. The molecule has 0 aliphatic carbocycles. The van der Waals surface area contributed by atoms with Crippen LogP contribution in [-0.4, -0.2) is 51.2 Å². The molecule has 8 nitrogen and oxygen atoms in total. The maximum atomic E-state index is 12.7. The monoisotopic (exact) mass is 636 g/mol. The third-order valence-corrected chi connectivity index (χ3v) is 8.40. The van der Waals surface area contributed by atoms with Gasteiger partial charge in [0.2, 0.25) is 0 Å². The molecule has 1 fully saturated rings. The Morgan fingerprint density at radius 2 is 1.87 bits per heavy atom. The number of alkyl halides is 3. The average Bonchev–Trinajstić information content (AvgIpc) is 3.68. The quantitative estimate of drug-likeness (QED) is 0.191. The normalized spacial score (nSPS) is 15.0. The number of amides is 2. The number of benzene rings is 3. The molecule has 0 spiro atoms. The van der Waals surface area contributed by atoms with Gasteiger partial charge in [0.05, 0.1) is 5.69 Å². The highest BCUT2D eigenvalue weighted by Gasteiger charge is 2.31. The molecule has 1 unspecified atom stereocenters. The first-order valence-electron chi connectivity index (χ1n) is 14.8. The molecule has 2 heterocycles. The highest BCUT2D eigenvalue weighted by atomic mass is 32.2. The summed E-state index contributed by atoms with van der Waals surface area (Å²) < 4.78 is 42.7. The predicted molar refractivity (Wildman–Crippen MR) is 172 cm³/mol. The summed E-state index contributed by atoms with van der Waals surface area (Å²) in [6.45, 7) is 7.67. The zero-order valence-electron chi connectivity index (χ0n) is 25.3. The van der Waals surface area contributed by atoms with Crippen LogP contribution in [0.4, 0.5) is 23.7 Å². The molecule has 3 aromatic carbocycles. The third kappa shape index (κ3) is 8.44. The molecule has 0 saturated carbocycles. The zero-order chi connectivity index (χ0) is 32.0. The number of nitrogens with zero attached hydrogens (tertiary/aromatic N) is 5. The van der Waals surface area contributed by atoms with Gasteiger partial charge in [-0.3, -0.25) is 0 Å². The van der Waals surface area contributed by atoms with Crippen molar-refractivity contribution in [1.29, 1.82) is 0 Å². The standard InChI is InChI=1S/C33H35F3N6O2S/c1-4-5-25-7-6-22(2)20-29(25)41-18-19-45-32(41)39-31(43)37-17-16-23(3)24-8-10-26(11-9-24)30-38-21-42(40-30)27-12-14-28(15-13-27)44-33(34,35)36/h6-15,20-21,23H,4-5,16-19H2,1-3H3,(H,37,43). The fraction of sp³-hybridized carbons (Fsp3) is 0.333. The van der Waals surface area contributed by atoms with Crippen LogP contribution in [-0.2, 0) is 6.42 Å². The van der Waals surface area contributed by atoms with E-state index >= 15 is 0 Å². The molecule has 4 aromatic rings. The second-order valence-electron chi connectivity index (χ2n) is 10.9. The number of hydrogen-bond acceptors (Lipinski definition) is 5. The number of carbonyl (C=O) groups excluding carboxylic acids is 1. The lowest BCUT2D eigenvalue weighted by Crippen LogP contribution is -2.29. The summed E-state index contributed by atoms with van der Waals surface area (Å²) in [6, 6.07) is 19.4. The van der Waals surface area contributed by atoms with Gasteiger partial charge in [-0.1, -0.05) is 68.4 Å². The minimum absolute atomic E-state index is 0.191. The molecule has 1 aliphatic rings. The number of aliphatic imine (C=N–C) groups is 1. The van der Waals surface area contributed by atoms with E-state index in [2.05, 4.69) is 69.0 Å². The van der Waals surface area contributed by atoms with Crippen LogP contribution in [0.2, 0.25) is 0 Å². The second-order valence-corrected chi connectivity index (χ2v) is 11.9. The smallest absolute Gasteiger partial charge is 0.406 e. The van der Waals surface area contributed by atoms with Crippen LogP contribution < -0.4 is 15.0 Å². The number of ether oxygens (including phenoxy) is 1. The van der Waals surface area contributed by atoms with Crippen LogP contribution in [0.25, 0.3) is 17.1 Å². The Morgan fingerprint density at radius 1 is 1.11 bits per heavy atom. The van der Waals surface area contributed by atoms with E-state index in [1.807, 2.05) is 24.3 Å². The number of hydrogen-bond donors (Lipinski definition) is 1. The first-order valence-corrected chi connectivity index (χ1v) is 15.8. The Hall–Kier alpha value is -4.32. The molecular formula is C33H35F3N6O2S. The van der Waals surface area contributed by atoms with Crippen molar-refractivity contribution in [2.45, 2.75) is 52.3 Å². The van der Waals surface area contributed by atoms with Gasteiger partial charge < -0.3 is 15.0 Å². The number of anilines is 1. The molecule has 236 valence electrons. The van der Waals surface area contributed by atoms with E-state index in [4.69, 9.17) is 0 Å². The van der Waals surface area contributed by atoms with E-state index in [0.717, 1.165) is 53.5 Å². The van der Waals surface area contributed by atoms with E-state index in [9.17, 15) is 18.0 Å². The van der Waals surface area contributed by atoms with Gasteiger partial charge in [-0.25, -0.2) is 14.5 Å². The first-order chi connectivity index (χ1) is 21.6. The lowest BCUT2D eigenvalue weighted by atomic mass is 9.96. The van der Waals surface area contributed by atoms with E-state index < -0.39 is 6.36 Å². The Morgan fingerprint density at radius 3 is 2.58 bits per heavy atom. The van der Waals surface area contributed by atoms with Crippen molar-refractivity contribution in [1.82, 2.24) is 20.1 Å². The van der Waals surface area contributed by atoms with Gasteiger partial charge in [0, 0.05) is 30.1 Å². The number of nitrogens with one attached hydrogen (secondary N) is 1. The summed E-state index contributed by atoms with van der Waals surface area (Å²) in [4.78, 5) is 23.7. The van der Waals surface area contributed by atoms with Gasteiger partial charge in [0.1, 0.15) is 12.1 Å². The first kappa shape index (κ1) is 32.1. The zero-order valence-corrected chi connectivity index (χ0v) is 26.2. The van der Waals surface area contributed by atoms with Crippen molar-refractivity contribution in [3.8, 4) is 22.8 Å². The summed E-state index contributed by atoms with van der Waals surface area (Å²) in [6.07, 6.45) is -0.461. The molecule has 1 aromatic heterocycles. The molecule has 0 radical (unpaired) electrons. The minimum atomic E-state index is -4.74. The minimum Gasteiger partial charge on any atom is -0.406 e. The van der Waals surface area contributed by atoms with Crippen LogP contribution in [0.3, 0.4) is 0 Å². The number of urea groups is 1. The lowest BCUT2D eigenvalue weighted by molar-refractivity contribution is -0.274. The molecule has 1 saturated heterocycles. The maximum Gasteiger partial charge on any atom is 0.573 e. The number of halogens is 3. The Kier molecular flexibility index (Phi) is 10.1. The van der Waals surface area contributed by atoms with Gasteiger partial charge in [-0.15, -0.1) is 18.3 Å². The molecular weight excluding hydrogens is 601 g/mol. The van der Waals surface area contributed by atoms with Crippen molar-refractivity contribution >= 4 is 28.6 Å². The fourth-order valence-corrected chi connectivity index (χ4v) is 6.04. The van der Waals surface area contributed by atoms with Gasteiger partial charge in [0.25, 0.3) is 0 Å². The van der Waals surface area contributed by atoms with E-state index in [0.29, 0.717) is 18.1 Å². The summed E-state index contributed by atoms with van der Waals surface area (Å²) in [7, 11) is 0. The highest BCUT2D eigenvalue weighted by molar-refractivity contribution is 8.14. The Bertz CT molecular complexity index is 1640. The number of thioether (sulfide) groups is 1. The highest BCUT2D eigenvalue weighted by Crippen LogP contribution is 2.31. The summed E-state index contributed by atoms with van der Waals surface area (Å²) in [5, 5.41) is 8.15. The number of carbonyl (C=O) groups is 1.